The highest BCUT2D eigenvalue weighted by molar-refractivity contribution is 7.58. The van der Waals surface area contributed by atoms with Crippen LogP contribution in [0.5, 0.6) is 0 Å². The number of nitrogens with one attached hydrogen (secondary N) is 4. The normalized spacial score (nSPS) is 18.9. The van der Waals surface area contributed by atoms with Crippen LogP contribution in [0.3, 0.4) is 0 Å². The van der Waals surface area contributed by atoms with Crippen LogP contribution in [0.2, 0.25) is 0 Å². The molecule has 1 heterocycles. The van der Waals surface area contributed by atoms with E-state index in [9.17, 15) is 46.6 Å². The van der Waals surface area contributed by atoms with Gasteiger partial charge in [-0.3, -0.25) is 28.5 Å². The van der Waals surface area contributed by atoms with Crippen LogP contribution in [-0.4, -0.2) is 89.7 Å². The highest BCUT2D eigenvalue weighted by atomic mass is 31.2. The molecule has 0 aliphatic carbocycles. The molecule has 1 saturated heterocycles. The average Bonchev–Trinajstić information content (AvgIpc) is 3.38. The highest BCUT2D eigenvalue weighted by Gasteiger charge is 2.48. The van der Waals surface area contributed by atoms with E-state index in [1.165, 1.54) is 7.05 Å². The monoisotopic (exact) mass is 655 g/mol. The summed E-state index contributed by atoms with van der Waals surface area (Å²) >= 11 is 0. The maximum atomic E-state index is 13.2. The minimum atomic E-state index is -5.15. The van der Waals surface area contributed by atoms with E-state index in [4.69, 9.17) is 0 Å². The van der Waals surface area contributed by atoms with Gasteiger partial charge in [0.2, 0.25) is 31.0 Å². The third kappa shape index (κ3) is 13.1. The van der Waals surface area contributed by atoms with E-state index in [0.29, 0.717) is 11.3 Å². The van der Waals surface area contributed by atoms with E-state index < -0.39 is 79.6 Å². The zero-order valence-corrected chi connectivity index (χ0v) is 27.5. The molecule has 0 aromatic carbocycles. The molecule has 16 heteroatoms. The Morgan fingerprint density at radius 1 is 0.864 bits per heavy atom. The molecule has 1 fully saturated rings. The Bertz CT molecular complexity index is 1070. The summed E-state index contributed by atoms with van der Waals surface area (Å²) < 4.78 is 52.2. The lowest BCUT2D eigenvalue weighted by Gasteiger charge is -2.28. The van der Waals surface area contributed by atoms with Crippen molar-refractivity contribution >= 4 is 36.9 Å². The minimum absolute atomic E-state index is 0.00718. The van der Waals surface area contributed by atoms with Crippen LogP contribution in [0.15, 0.2) is 0 Å². The number of carbonyl (C=O) groups is 5. The predicted octanol–water partition coefficient (Wildman–Crippen LogP) is 2.35. The molecular formula is C28H49F3N5O7P. The molecule has 1 rings (SSSR count). The number of hydrogen-bond acceptors (Lipinski definition) is 6. The SMILES string of the molecule is CNC(=O)[C@H](CC(C)C)NC(=O)[C@H](CC(C)C)CP(=O)(O)CNC(=O)[C@H](CC(C)C)NC(=O)[C@H]1CCCN1C(=O)C(F)(F)F. The number of alkyl halides is 3. The quantitative estimate of drug-likeness (QED) is 0.159. The van der Waals surface area contributed by atoms with E-state index in [1.807, 2.05) is 27.7 Å². The number of nitrogens with zero attached hydrogens (tertiary/aromatic N) is 1. The summed E-state index contributed by atoms with van der Waals surface area (Å²) in [6.45, 7) is 10.7. The van der Waals surface area contributed by atoms with Gasteiger partial charge in [-0.05, 0) is 49.9 Å². The molecule has 1 unspecified atom stereocenters. The fourth-order valence-corrected chi connectivity index (χ4v) is 6.69. The summed E-state index contributed by atoms with van der Waals surface area (Å²) in [5.74, 6) is -5.87. The van der Waals surface area contributed by atoms with E-state index in [2.05, 4.69) is 21.3 Å². The largest absolute Gasteiger partial charge is 0.471 e. The van der Waals surface area contributed by atoms with Crippen LogP contribution in [-0.2, 0) is 28.5 Å². The van der Waals surface area contributed by atoms with Gasteiger partial charge in [0, 0.05) is 25.7 Å². The summed E-state index contributed by atoms with van der Waals surface area (Å²) in [6, 6.07) is -3.48. The lowest BCUT2D eigenvalue weighted by molar-refractivity contribution is -0.186. The second kappa shape index (κ2) is 17.1. The zero-order valence-electron chi connectivity index (χ0n) is 26.6. The fraction of sp³-hybridized carbons (Fsp3) is 0.821. The summed E-state index contributed by atoms with van der Waals surface area (Å²) in [4.78, 5) is 74.4. The zero-order chi connectivity index (χ0) is 34.0. The van der Waals surface area contributed by atoms with Crippen molar-refractivity contribution in [1.29, 1.82) is 0 Å². The summed E-state index contributed by atoms with van der Waals surface area (Å²) in [7, 11) is -2.73. The van der Waals surface area contributed by atoms with E-state index >= 15 is 0 Å². The van der Waals surface area contributed by atoms with Crippen molar-refractivity contribution in [3.8, 4) is 0 Å². The van der Waals surface area contributed by atoms with Gasteiger partial charge in [0.25, 0.3) is 0 Å². The summed E-state index contributed by atoms with van der Waals surface area (Å²) in [6.07, 6.45) is -5.49. The molecule has 0 saturated carbocycles. The van der Waals surface area contributed by atoms with Crippen molar-refractivity contribution in [3.05, 3.63) is 0 Å². The molecule has 0 spiro atoms. The molecule has 254 valence electrons. The molecule has 12 nitrogen and oxygen atoms in total. The third-order valence-corrected chi connectivity index (χ3v) is 8.78. The maximum absolute atomic E-state index is 13.2. The molecule has 5 amide bonds. The first-order chi connectivity index (χ1) is 20.2. The van der Waals surface area contributed by atoms with Gasteiger partial charge in [0.05, 0.1) is 6.29 Å². The van der Waals surface area contributed by atoms with Crippen LogP contribution in [0.1, 0.15) is 73.6 Å². The number of likely N-dealkylation sites (tertiary alicyclic amines) is 1. The number of amides is 5. The van der Waals surface area contributed by atoms with Gasteiger partial charge in [-0.15, -0.1) is 0 Å². The second-order valence-electron chi connectivity index (χ2n) is 12.7. The lowest BCUT2D eigenvalue weighted by atomic mass is 9.96. The van der Waals surface area contributed by atoms with Crippen LogP contribution >= 0.6 is 7.37 Å². The van der Waals surface area contributed by atoms with Gasteiger partial charge >= 0.3 is 12.1 Å². The number of likely N-dealkylation sites (N-methyl/N-ethyl adjacent to an activating group) is 1. The summed E-state index contributed by atoms with van der Waals surface area (Å²) in [5.41, 5.74) is 0. The Labute approximate surface area is 257 Å². The third-order valence-electron chi connectivity index (χ3n) is 7.12. The average molecular weight is 656 g/mol. The first-order valence-corrected chi connectivity index (χ1v) is 17.0. The van der Waals surface area contributed by atoms with Crippen molar-refractivity contribution in [1.82, 2.24) is 26.2 Å². The molecule has 0 bridgehead atoms. The standard InChI is InChI=1S/C28H49F3N5O7P/c1-16(2)11-19(23(37)34-20(12-17(3)4)24(38)32-7)14-44(42,43)15-33-25(39)21(13-18(5)6)35-26(40)22-9-8-10-36(22)27(41)28(29,30)31/h16-22H,8-15H2,1-7H3,(H,32,38)(H,33,39)(H,34,37)(H,35,40)(H,42,43)/t19-,20+,21+,22-/m1/s1. The van der Waals surface area contributed by atoms with Crippen LogP contribution < -0.4 is 21.3 Å². The Kier molecular flexibility index (Phi) is 15.3. The van der Waals surface area contributed by atoms with E-state index in [0.717, 1.165) is 0 Å². The van der Waals surface area contributed by atoms with E-state index in [-0.39, 0.29) is 50.0 Å². The smallest absolute Gasteiger partial charge is 0.357 e. The van der Waals surface area contributed by atoms with Gasteiger partial charge in [0.1, 0.15) is 18.1 Å². The molecule has 5 atom stereocenters. The van der Waals surface area contributed by atoms with Gasteiger partial charge in [-0.25, -0.2) is 0 Å². The van der Waals surface area contributed by atoms with Crippen molar-refractivity contribution in [2.24, 2.45) is 23.7 Å². The second-order valence-corrected chi connectivity index (χ2v) is 15.1. The van der Waals surface area contributed by atoms with Crippen molar-refractivity contribution < 1.29 is 46.6 Å². The first-order valence-electron chi connectivity index (χ1n) is 15.0. The van der Waals surface area contributed by atoms with E-state index in [1.54, 1.807) is 13.8 Å². The fourth-order valence-electron chi connectivity index (χ4n) is 5.15. The van der Waals surface area contributed by atoms with Crippen LogP contribution in [0.25, 0.3) is 0 Å². The highest BCUT2D eigenvalue weighted by Crippen LogP contribution is 2.42. The molecule has 5 N–H and O–H groups in total. The van der Waals surface area contributed by atoms with Gasteiger partial charge in [0.15, 0.2) is 0 Å². The molecule has 1 aliphatic rings. The maximum Gasteiger partial charge on any atom is 0.471 e. The van der Waals surface area contributed by atoms with Crippen molar-refractivity contribution in [3.63, 3.8) is 0 Å². The number of rotatable bonds is 16. The molecule has 1 aliphatic heterocycles. The molecule has 0 aromatic rings. The van der Waals surface area contributed by atoms with Crippen LogP contribution in [0, 0.1) is 23.7 Å². The number of carbonyl (C=O) groups excluding carboxylic acids is 5. The Hall–Kier alpha value is -2.67. The first kappa shape index (κ1) is 39.4. The summed E-state index contributed by atoms with van der Waals surface area (Å²) in [5, 5.41) is 9.95. The van der Waals surface area contributed by atoms with Crippen LogP contribution in [0.4, 0.5) is 13.2 Å². The molecule has 44 heavy (non-hydrogen) atoms. The van der Waals surface area contributed by atoms with Crippen molar-refractivity contribution in [2.75, 3.05) is 26.0 Å². The molecule has 0 aromatic heterocycles. The molecular weight excluding hydrogens is 606 g/mol. The predicted molar refractivity (Wildman–Crippen MR) is 158 cm³/mol. The van der Waals surface area contributed by atoms with Gasteiger partial charge in [-0.1, -0.05) is 41.5 Å². The lowest BCUT2D eigenvalue weighted by Crippen LogP contribution is -2.55. The Balaban J connectivity index is 2.99. The van der Waals surface area contributed by atoms with Crippen molar-refractivity contribution in [2.45, 2.75) is 97.9 Å². The topological polar surface area (TPSA) is 174 Å². The van der Waals surface area contributed by atoms with Gasteiger partial charge < -0.3 is 31.1 Å². The Morgan fingerprint density at radius 3 is 1.86 bits per heavy atom. The van der Waals surface area contributed by atoms with Gasteiger partial charge in [-0.2, -0.15) is 13.2 Å². The Morgan fingerprint density at radius 2 is 1.39 bits per heavy atom. The number of hydrogen-bond donors (Lipinski definition) is 5. The number of halogens is 3. The molecule has 0 radical (unpaired) electrons. The minimum Gasteiger partial charge on any atom is -0.357 e.